The zero-order chi connectivity index (χ0) is 18.4. The van der Waals surface area contributed by atoms with Gasteiger partial charge in [-0.25, -0.2) is 0 Å². The van der Waals surface area contributed by atoms with Crippen molar-refractivity contribution < 1.29 is 4.74 Å². The van der Waals surface area contributed by atoms with Gasteiger partial charge in [-0.05, 0) is 36.7 Å². The van der Waals surface area contributed by atoms with Crippen LogP contribution in [0.2, 0.25) is 0 Å². The van der Waals surface area contributed by atoms with Crippen LogP contribution in [0.3, 0.4) is 0 Å². The molecule has 2 aromatic rings. The maximum absolute atomic E-state index is 6.47. The Bertz CT molecular complexity index is 696. The van der Waals surface area contributed by atoms with E-state index in [1.807, 2.05) is 0 Å². The third kappa shape index (κ3) is 4.11. The van der Waals surface area contributed by atoms with E-state index in [1.54, 1.807) is 0 Å². The second-order valence-corrected chi connectivity index (χ2v) is 6.98. The number of hydrogen-bond acceptors (Lipinski definition) is 3. The van der Waals surface area contributed by atoms with Crippen LogP contribution >= 0.6 is 0 Å². The van der Waals surface area contributed by atoms with Crippen molar-refractivity contribution in [3.05, 3.63) is 65.2 Å². The second-order valence-electron chi connectivity index (χ2n) is 6.98. The summed E-state index contributed by atoms with van der Waals surface area (Å²) < 4.78 is 6.47. The summed E-state index contributed by atoms with van der Waals surface area (Å²) in [4.78, 5) is 2.46. The van der Waals surface area contributed by atoms with E-state index in [-0.39, 0.29) is 12.1 Å². The molecule has 3 rings (SSSR count). The van der Waals surface area contributed by atoms with E-state index >= 15 is 0 Å². The Kier molecular flexibility index (Phi) is 6.70. The van der Waals surface area contributed by atoms with Crippen molar-refractivity contribution in [2.75, 3.05) is 26.2 Å². The van der Waals surface area contributed by atoms with Crippen LogP contribution in [0, 0.1) is 0 Å². The molecule has 0 amide bonds. The number of benzene rings is 2. The summed E-state index contributed by atoms with van der Waals surface area (Å²) in [7, 11) is 0. The first-order valence-electron chi connectivity index (χ1n) is 10.1. The average molecular weight is 353 g/mol. The number of likely N-dealkylation sites (N-methyl/N-ethyl adjacent to an activating group) is 1. The molecule has 3 nitrogen and oxygen atoms in total. The highest BCUT2D eigenvalue weighted by Gasteiger charge is 2.28. The van der Waals surface area contributed by atoms with E-state index in [1.165, 1.54) is 16.7 Å². The summed E-state index contributed by atoms with van der Waals surface area (Å²) >= 11 is 0. The molecule has 0 saturated heterocycles. The zero-order valence-corrected chi connectivity index (χ0v) is 16.4. The number of rotatable bonds is 8. The first-order chi connectivity index (χ1) is 12.8. The minimum Gasteiger partial charge on any atom is -0.485 e. The molecule has 0 saturated carbocycles. The number of ether oxygens (including phenoxy) is 1. The highest BCUT2D eigenvalue weighted by atomic mass is 16.5. The van der Waals surface area contributed by atoms with E-state index in [9.17, 15) is 0 Å². The lowest BCUT2D eigenvalue weighted by atomic mass is 9.92. The molecule has 0 aromatic heterocycles. The van der Waals surface area contributed by atoms with Crippen molar-refractivity contribution in [2.24, 2.45) is 0 Å². The quantitative estimate of drug-likeness (QED) is 0.728. The fraction of sp³-hybridized carbons (Fsp3) is 0.478. The van der Waals surface area contributed by atoms with Crippen molar-refractivity contribution in [2.45, 2.75) is 45.8 Å². The van der Waals surface area contributed by atoms with Crippen LogP contribution in [0.25, 0.3) is 0 Å². The molecule has 0 bridgehead atoms. The van der Waals surface area contributed by atoms with Crippen LogP contribution < -0.4 is 10.1 Å². The van der Waals surface area contributed by atoms with Crippen molar-refractivity contribution >= 4 is 0 Å². The monoisotopic (exact) mass is 352 g/mol. The smallest absolute Gasteiger partial charge is 0.125 e. The van der Waals surface area contributed by atoms with E-state index in [0.717, 1.165) is 44.8 Å². The van der Waals surface area contributed by atoms with Gasteiger partial charge in [0.1, 0.15) is 11.9 Å². The number of nitrogens with one attached hydrogen (secondary N) is 1. The topological polar surface area (TPSA) is 24.5 Å². The van der Waals surface area contributed by atoms with Crippen LogP contribution in [0.5, 0.6) is 5.75 Å². The summed E-state index contributed by atoms with van der Waals surface area (Å²) in [6.45, 7) is 10.9. The van der Waals surface area contributed by atoms with Crippen LogP contribution in [0.15, 0.2) is 48.5 Å². The SMILES string of the molecule is CCCC1Oc2ccccc2C(NCCN(CC)CC)c2ccccc21. The van der Waals surface area contributed by atoms with Crippen molar-refractivity contribution in [1.82, 2.24) is 10.2 Å². The molecule has 0 spiro atoms. The molecule has 1 aliphatic rings. The summed E-state index contributed by atoms with van der Waals surface area (Å²) in [6.07, 6.45) is 2.28. The molecule has 0 radical (unpaired) electrons. The number of para-hydroxylation sites is 1. The second kappa shape index (κ2) is 9.20. The van der Waals surface area contributed by atoms with Crippen molar-refractivity contribution in [3.63, 3.8) is 0 Å². The minimum atomic E-state index is 0.131. The molecule has 0 aliphatic carbocycles. The number of fused-ring (bicyclic) bond motifs is 2. The van der Waals surface area contributed by atoms with Crippen molar-refractivity contribution in [3.8, 4) is 5.75 Å². The first-order valence-corrected chi connectivity index (χ1v) is 10.1. The van der Waals surface area contributed by atoms with Gasteiger partial charge >= 0.3 is 0 Å². The van der Waals surface area contributed by atoms with Gasteiger partial charge in [0.15, 0.2) is 0 Å². The molecule has 1 heterocycles. The van der Waals surface area contributed by atoms with Crippen molar-refractivity contribution in [1.29, 1.82) is 0 Å². The third-order valence-electron chi connectivity index (χ3n) is 5.37. The van der Waals surface area contributed by atoms with Crippen LogP contribution in [0.1, 0.15) is 62.4 Å². The van der Waals surface area contributed by atoms with E-state index in [4.69, 9.17) is 4.74 Å². The Labute approximate surface area is 158 Å². The van der Waals surface area contributed by atoms with E-state index in [2.05, 4.69) is 79.5 Å². The number of nitrogens with zero attached hydrogens (tertiary/aromatic N) is 1. The van der Waals surface area contributed by atoms with Gasteiger partial charge in [0, 0.05) is 18.7 Å². The first kappa shape index (κ1) is 18.9. The molecule has 140 valence electrons. The Balaban J connectivity index is 1.93. The molecule has 0 fully saturated rings. The van der Waals surface area contributed by atoms with Gasteiger partial charge in [0.05, 0.1) is 6.04 Å². The lowest BCUT2D eigenvalue weighted by Crippen LogP contribution is -2.34. The average Bonchev–Trinajstić information content (AvgIpc) is 2.81. The molecule has 26 heavy (non-hydrogen) atoms. The highest BCUT2D eigenvalue weighted by molar-refractivity contribution is 5.47. The van der Waals surface area contributed by atoms with Crippen LogP contribution in [0.4, 0.5) is 0 Å². The van der Waals surface area contributed by atoms with E-state index < -0.39 is 0 Å². The third-order valence-corrected chi connectivity index (χ3v) is 5.37. The van der Waals surface area contributed by atoms with Gasteiger partial charge in [0.25, 0.3) is 0 Å². The van der Waals surface area contributed by atoms with Gasteiger partial charge in [0.2, 0.25) is 0 Å². The summed E-state index contributed by atoms with van der Waals surface area (Å²) in [5, 5.41) is 3.81. The molecule has 2 aromatic carbocycles. The minimum absolute atomic E-state index is 0.131. The van der Waals surface area contributed by atoms with Gasteiger partial charge in [-0.3, -0.25) is 0 Å². The summed E-state index contributed by atoms with van der Waals surface area (Å²) in [6, 6.07) is 17.5. The summed E-state index contributed by atoms with van der Waals surface area (Å²) in [5.41, 5.74) is 3.93. The zero-order valence-electron chi connectivity index (χ0n) is 16.4. The lowest BCUT2D eigenvalue weighted by Gasteiger charge is -2.24. The Morgan fingerprint density at radius 3 is 2.23 bits per heavy atom. The largest absolute Gasteiger partial charge is 0.485 e. The molecule has 1 N–H and O–H groups in total. The molecular formula is C23H32N2O. The molecule has 3 heteroatoms. The van der Waals surface area contributed by atoms with Gasteiger partial charge in [-0.1, -0.05) is 69.7 Å². The van der Waals surface area contributed by atoms with Gasteiger partial charge < -0.3 is 15.0 Å². The molecular weight excluding hydrogens is 320 g/mol. The van der Waals surface area contributed by atoms with E-state index in [0.29, 0.717) is 0 Å². The normalized spacial score (nSPS) is 18.8. The predicted octanol–water partition coefficient (Wildman–Crippen LogP) is 4.94. The summed E-state index contributed by atoms with van der Waals surface area (Å²) in [5.74, 6) is 1.02. The Morgan fingerprint density at radius 2 is 1.54 bits per heavy atom. The highest BCUT2D eigenvalue weighted by Crippen LogP contribution is 2.41. The molecule has 1 aliphatic heterocycles. The predicted molar refractivity (Wildman–Crippen MR) is 109 cm³/mol. The molecule has 2 unspecified atom stereocenters. The number of hydrogen-bond donors (Lipinski definition) is 1. The lowest BCUT2D eigenvalue weighted by molar-refractivity contribution is 0.194. The maximum Gasteiger partial charge on any atom is 0.125 e. The van der Waals surface area contributed by atoms with Crippen LogP contribution in [-0.4, -0.2) is 31.1 Å². The fourth-order valence-electron chi connectivity index (χ4n) is 3.88. The standard InChI is InChI=1S/C23H32N2O/c1-4-11-21-18-12-7-8-13-19(18)23(24-16-17-25(5-2)6-3)20-14-9-10-15-22(20)26-21/h7-10,12-15,21,23-24H,4-6,11,16-17H2,1-3H3. The maximum atomic E-state index is 6.47. The van der Waals surface area contributed by atoms with Crippen LogP contribution in [-0.2, 0) is 0 Å². The Hall–Kier alpha value is -1.84. The van der Waals surface area contributed by atoms with Gasteiger partial charge in [-0.15, -0.1) is 0 Å². The van der Waals surface area contributed by atoms with Gasteiger partial charge in [-0.2, -0.15) is 0 Å². The fourth-order valence-corrected chi connectivity index (χ4v) is 3.88. The molecule has 2 atom stereocenters. The Morgan fingerprint density at radius 1 is 0.885 bits per heavy atom.